The number of rotatable bonds is 9. The van der Waals surface area contributed by atoms with Crippen LogP contribution in [0.3, 0.4) is 0 Å². The molecule has 0 unspecified atom stereocenters. The zero-order valence-corrected chi connectivity index (χ0v) is 14.9. The van der Waals surface area contributed by atoms with Crippen LogP contribution in [0.5, 0.6) is 0 Å². The van der Waals surface area contributed by atoms with Crippen molar-refractivity contribution in [2.24, 2.45) is 11.8 Å². The van der Waals surface area contributed by atoms with Crippen molar-refractivity contribution in [3.63, 3.8) is 0 Å². The third kappa shape index (κ3) is 6.08. The minimum absolute atomic E-state index is 0.117. The van der Waals surface area contributed by atoms with E-state index in [-0.39, 0.29) is 18.1 Å². The van der Waals surface area contributed by atoms with Crippen LogP contribution in [0.25, 0.3) is 0 Å². The van der Waals surface area contributed by atoms with Crippen molar-refractivity contribution in [2.45, 2.75) is 53.9 Å². The minimum atomic E-state index is -0.996. The highest BCUT2D eigenvalue weighted by Gasteiger charge is 2.25. The first-order chi connectivity index (χ1) is 10.7. The summed E-state index contributed by atoms with van der Waals surface area (Å²) >= 11 is 0. The largest absolute Gasteiger partial charge is 0.481 e. The maximum atomic E-state index is 12.9. The van der Waals surface area contributed by atoms with Crippen LogP contribution in [-0.2, 0) is 11.2 Å². The molecule has 0 saturated carbocycles. The Hall–Kier alpha value is -1.78. The number of carbonyl (C=O) groups is 2. The van der Waals surface area contributed by atoms with E-state index in [0.717, 1.165) is 12.8 Å². The Kier molecular flexibility index (Phi) is 7.33. The van der Waals surface area contributed by atoms with Crippen LogP contribution in [0.2, 0.25) is 0 Å². The van der Waals surface area contributed by atoms with Gasteiger partial charge in [0.1, 0.15) is 12.2 Å². The predicted molar refractivity (Wildman–Crippen MR) is 89.6 cm³/mol. The van der Waals surface area contributed by atoms with Crippen molar-refractivity contribution in [1.29, 1.82) is 0 Å². The smallest absolute Gasteiger partial charge is 0.311 e. The van der Waals surface area contributed by atoms with Crippen LogP contribution in [0.1, 0.15) is 62.2 Å². The summed E-state index contributed by atoms with van der Waals surface area (Å²) in [7, 11) is 0. The van der Waals surface area contributed by atoms with Gasteiger partial charge in [-0.25, -0.2) is 0 Å². The first-order valence-corrected chi connectivity index (χ1v) is 8.30. The molecule has 1 heterocycles. The maximum absolute atomic E-state index is 12.9. The highest BCUT2D eigenvalue weighted by Crippen LogP contribution is 2.21. The Labute approximate surface area is 138 Å². The van der Waals surface area contributed by atoms with E-state index in [1.807, 2.05) is 4.90 Å². The lowest BCUT2D eigenvalue weighted by Crippen LogP contribution is -2.35. The van der Waals surface area contributed by atoms with Gasteiger partial charge < -0.3 is 14.4 Å². The van der Waals surface area contributed by atoms with Gasteiger partial charge in [0, 0.05) is 18.7 Å². The van der Waals surface area contributed by atoms with Gasteiger partial charge in [0.15, 0.2) is 0 Å². The lowest BCUT2D eigenvalue weighted by atomic mass is 10.1. The third-order valence-corrected chi connectivity index (χ3v) is 3.82. The summed E-state index contributed by atoms with van der Waals surface area (Å²) < 4.78 is 5.30. The summed E-state index contributed by atoms with van der Waals surface area (Å²) in [6, 6.07) is 0. The maximum Gasteiger partial charge on any atom is 0.311 e. The standard InChI is InChI=1S/C18H29NO4/c1-12(2)6-8-19(9-7-13(3)4)18(22)17-14(5)11-23-15(17)10-16(20)21/h11-13H,6-10H2,1-5H3,(H,20,21). The molecule has 0 saturated heterocycles. The van der Waals surface area contributed by atoms with E-state index in [4.69, 9.17) is 9.52 Å². The normalized spacial score (nSPS) is 11.3. The van der Waals surface area contributed by atoms with Crippen LogP contribution in [0.4, 0.5) is 0 Å². The Morgan fingerprint density at radius 2 is 1.65 bits per heavy atom. The molecule has 0 aliphatic carbocycles. The molecule has 0 aliphatic heterocycles. The van der Waals surface area contributed by atoms with Crippen LogP contribution in [0.15, 0.2) is 10.7 Å². The fraction of sp³-hybridized carbons (Fsp3) is 0.667. The molecule has 5 heteroatoms. The summed E-state index contributed by atoms with van der Waals surface area (Å²) in [5, 5.41) is 8.99. The van der Waals surface area contributed by atoms with Crippen molar-refractivity contribution in [3.05, 3.63) is 23.2 Å². The second kappa shape index (κ2) is 8.75. The highest BCUT2D eigenvalue weighted by molar-refractivity contribution is 5.97. The van der Waals surface area contributed by atoms with Crippen LogP contribution in [0, 0.1) is 18.8 Å². The zero-order valence-electron chi connectivity index (χ0n) is 14.9. The van der Waals surface area contributed by atoms with Gasteiger partial charge >= 0.3 is 5.97 Å². The molecule has 0 aliphatic rings. The molecule has 1 aromatic heterocycles. The first-order valence-electron chi connectivity index (χ1n) is 8.30. The fourth-order valence-corrected chi connectivity index (χ4v) is 2.35. The molecule has 23 heavy (non-hydrogen) atoms. The average Bonchev–Trinajstić information content (AvgIpc) is 2.77. The number of furan rings is 1. The van der Waals surface area contributed by atoms with E-state index in [9.17, 15) is 9.59 Å². The number of carboxylic acid groups (broad SMARTS) is 1. The van der Waals surface area contributed by atoms with E-state index in [1.165, 1.54) is 6.26 Å². The molecule has 0 spiro atoms. The third-order valence-electron chi connectivity index (χ3n) is 3.82. The summed E-state index contributed by atoms with van der Waals surface area (Å²) in [6.45, 7) is 11.7. The van der Waals surface area contributed by atoms with Gasteiger partial charge in [0.2, 0.25) is 0 Å². The zero-order chi connectivity index (χ0) is 17.6. The summed E-state index contributed by atoms with van der Waals surface area (Å²) in [5.41, 5.74) is 1.12. The van der Waals surface area contributed by atoms with Crippen molar-refractivity contribution < 1.29 is 19.1 Å². The number of nitrogens with zero attached hydrogens (tertiary/aromatic N) is 1. The van der Waals surface area contributed by atoms with E-state index >= 15 is 0 Å². The Morgan fingerprint density at radius 1 is 1.13 bits per heavy atom. The molecule has 0 atom stereocenters. The van der Waals surface area contributed by atoms with E-state index < -0.39 is 5.97 Å². The van der Waals surface area contributed by atoms with Gasteiger partial charge in [0.25, 0.3) is 5.91 Å². The molecule has 130 valence electrons. The number of amides is 1. The number of aryl methyl sites for hydroxylation is 1. The van der Waals surface area contributed by atoms with Gasteiger partial charge in [-0.2, -0.15) is 0 Å². The lowest BCUT2D eigenvalue weighted by molar-refractivity contribution is -0.136. The molecule has 1 rings (SSSR count). The predicted octanol–water partition coefficient (Wildman–Crippen LogP) is 3.75. The number of carboxylic acids is 1. The van der Waals surface area contributed by atoms with Crippen LogP contribution >= 0.6 is 0 Å². The molecule has 1 amide bonds. The molecule has 1 N–H and O–H groups in total. The van der Waals surface area contributed by atoms with Gasteiger partial charge in [-0.3, -0.25) is 9.59 Å². The molecule has 0 bridgehead atoms. The SMILES string of the molecule is Cc1coc(CC(=O)O)c1C(=O)N(CCC(C)C)CCC(C)C. The lowest BCUT2D eigenvalue weighted by Gasteiger charge is -2.25. The number of carbonyl (C=O) groups excluding carboxylic acids is 1. The summed E-state index contributed by atoms with van der Waals surface area (Å²) in [4.78, 5) is 25.7. The van der Waals surface area contributed by atoms with Gasteiger partial charge in [-0.1, -0.05) is 27.7 Å². The summed E-state index contributed by atoms with van der Waals surface area (Å²) in [5.74, 6) is 0.152. The average molecular weight is 323 g/mol. The second-order valence-corrected chi connectivity index (χ2v) is 6.94. The topological polar surface area (TPSA) is 70.7 Å². The Morgan fingerprint density at radius 3 is 2.09 bits per heavy atom. The quantitative estimate of drug-likeness (QED) is 0.751. The molecular weight excluding hydrogens is 294 g/mol. The minimum Gasteiger partial charge on any atom is -0.481 e. The molecule has 1 aromatic rings. The molecule has 0 radical (unpaired) electrons. The van der Waals surface area contributed by atoms with Gasteiger partial charge in [-0.15, -0.1) is 0 Å². The van der Waals surface area contributed by atoms with Gasteiger partial charge in [0.05, 0.1) is 11.8 Å². The summed E-state index contributed by atoms with van der Waals surface area (Å²) in [6.07, 6.45) is 3.05. The molecular formula is C18H29NO4. The fourth-order valence-electron chi connectivity index (χ4n) is 2.35. The monoisotopic (exact) mass is 323 g/mol. The van der Waals surface area contributed by atoms with Crippen molar-refractivity contribution in [3.8, 4) is 0 Å². The Balaban J connectivity index is 2.98. The van der Waals surface area contributed by atoms with Crippen molar-refractivity contribution >= 4 is 11.9 Å². The van der Waals surface area contributed by atoms with Crippen molar-refractivity contribution in [2.75, 3.05) is 13.1 Å². The Bertz CT molecular complexity index is 519. The first kappa shape index (κ1) is 19.3. The van der Waals surface area contributed by atoms with E-state index in [1.54, 1.807) is 6.92 Å². The second-order valence-electron chi connectivity index (χ2n) is 6.94. The molecule has 0 fully saturated rings. The van der Waals surface area contributed by atoms with Crippen LogP contribution in [-0.4, -0.2) is 35.0 Å². The number of hydrogen-bond acceptors (Lipinski definition) is 3. The van der Waals surface area contributed by atoms with Gasteiger partial charge in [-0.05, 0) is 31.6 Å². The van der Waals surface area contributed by atoms with E-state index in [2.05, 4.69) is 27.7 Å². The van der Waals surface area contributed by atoms with Crippen molar-refractivity contribution in [1.82, 2.24) is 4.90 Å². The number of aliphatic carboxylic acids is 1. The molecule has 5 nitrogen and oxygen atoms in total. The highest BCUT2D eigenvalue weighted by atomic mass is 16.4. The van der Waals surface area contributed by atoms with E-state index in [0.29, 0.717) is 36.1 Å². The number of hydrogen-bond donors (Lipinski definition) is 1. The van der Waals surface area contributed by atoms with Crippen LogP contribution < -0.4 is 0 Å². The molecule has 0 aromatic carbocycles.